The molecule has 1 atom stereocenters. The van der Waals surface area contributed by atoms with Gasteiger partial charge in [-0.2, -0.15) is 0 Å². The summed E-state index contributed by atoms with van der Waals surface area (Å²) in [6.07, 6.45) is 8.66. The number of aryl methyl sites for hydroxylation is 2. The molecular weight excluding hydrogens is 550 g/mol. The highest BCUT2D eigenvalue weighted by Gasteiger charge is 2.28. The van der Waals surface area contributed by atoms with Crippen molar-refractivity contribution in [3.05, 3.63) is 71.2 Å². The van der Waals surface area contributed by atoms with Gasteiger partial charge in [0, 0.05) is 43.4 Å². The number of benzene rings is 1. The number of pyridine rings is 1. The van der Waals surface area contributed by atoms with E-state index in [0.717, 1.165) is 81.2 Å². The molecule has 0 unspecified atom stereocenters. The monoisotopic (exact) mass is 599 g/mol. The highest BCUT2D eigenvalue weighted by Crippen LogP contribution is 2.33. The number of fused-ring (bicyclic) bond motifs is 1. The minimum Gasteiger partial charge on any atom is -0.459 e. The van der Waals surface area contributed by atoms with Gasteiger partial charge in [0.25, 0.3) is 0 Å². The van der Waals surface area contributed by atoms with Crippen LogP contribution in [0.1, 0.15) is 81.7 Å². The van der Waals surface area contributed by atoms with Crippen molar-refractivity contribution in [2.75, 3.05) is 48.3 Å². The lowest BCUT2D eigenvalue weighted by Crippen LogP contribution is -2.46. The van der Waals surface area contributed by atoms with Crippen molar-refractivity contribution in [3.63, 3.8) is 0 Å². The van der Waals surface area contributed by atoms with Crippen LogP contribution in [0.25, 0.3) is 0 Å². The molecular formula is C35H49N7O2. The molecule has 0 spiro atoms. The van der Waals surface area contributed by atoms with Crippen molar-refractivity contribution < 1.29 is 9.53 Å². The van der Waals surface area contributed by atoms with Crippen LogP contribution in [-0.4, -0.2) is 65.3 Å². The van der Waals surface area contributed by atoms with E-state index in [1.807, 2.05) is 26.8 Å². The number of nitrogens with zero attached hydrogens (tertiary/aromatic N) is 4. The summed E-state index contributed by atoms with van der Waals surface area (Å²) in [5.74, 6) is 3.03. The van der Waals surface area contributed by atoms with Crippen LogP contribution in [0.15, 0.2) is 48.8 Å². The number of carbonyl (C=O) groups is 1. The molecule has 0 radical (unpaired) electrons. The fourth-order valence-corrected chi connectivity index (χ4v) is 6.14. The standard InChI is InChI=1S/C35H49N7O2/c1-5-28-32(38-23-30(34(43)44-35(2,3)4)36-19-9-13-25-11-7-6-8-12-25)39-24-40-33(28)42-21-17-26(18-22-42)29-16-15-27-14-10-20-37-31(27)41-29/h6-8,11-12,15-16,24,26,30,36H,5,9-10,13-14,17-23H2,1-4H3,(H,37,41)(H,38,39,40)/t30-/m0/s1. The first-order valence-corrected chi connectivity index (χ1v) is 16.4. The number of piperidine rings is 1. The summed E-state index contributed by atoms with van der Waals surface area (Å²) in [6, 6.07) is 14.4. The molecule has 1 aromatic carbocycles. The van der Waals surface area contributed by atoms with E-state index >= 15 is 0 Å². The SMILES string of the molecule is CCc1c(NC[C@H](NCCCc2ccccc2)C(=O)OC(C)(C)C)ncnc1N1CCC(c2ccc3c(n2)NCCC3)CC1. The molecule has 2 aromatic heterocycles. The predicted molar refractivity (Wildman–Crippen MR) is 178 cm³/mol. The molecule has 0 saturated carbocycles. The van der Waals surface area contributed by atoms with E-state index in [-0.39, 0.29) is 5.97 Å². The Morgan fingerprint density at radius 3 is 2.66 bits per heavy atom. The third-order valence-electron chi connectivity index (χ3n) is 8.45. The van der Waals surface area contributed by atoms with Gasteiger partial charge in [-0.1, -0.05) is 43.3 Å². The molecule has 1 saturated heterocycles. The zero-order valence-corrected chi connectivity index (χ0v) is 26.9. The van der Waals surface area contributed by atoms with Crippen LogP contribution < -0.4 is 20.9 Å². The van der Waals surface area contributed by atoms with Crippen molar-refractivity contribution >= 4 is 23.4 Å². The molecule has 44 heavy (non-hydrogen) atoms. The van der Waals surface area contributed by atoms with Crippen molar-refractivity contribution in [3.8, 4) is 0 Å². The van der Waals surface area contributed by atoms with Crippen LogP contribution >= 0.6 is 0 Å². The number of ether oxygens (including phenoxy) is 1. The maximum absolute atomic E-state index is 13.2. The second-order valence-corrected chi connectivity index (χ2v) is 12.9. The van der Waals surface area contributed by atoms with Crippen LogP contribution in [0, 0.1) is 0 Å². The zero-order chi connectivity index (χ0) is 30.9. The molecule has 9 heteroatoms. The van der Waals surface area contributed by atoms with Crippen molar-refractivity contribution in [1.82, 2.24) is 20.3 Å². The van der Waals surface area contributed by atoms with Crippen molar-refractivity contribution in [2.24, 2.45) is 0 Å². The smallest absolute Gasteiger partial charge is 0.325 e. The predicted octanol–water partition coefficient (Wildman–Crippen LogP) is 5.52. The molecule has 1 fully saturated rings. The second-order valence-electron chi connectivity index (χ2n) is 12.9. The number of hydrogen-bond acceptors (Lipinski definition) is 9. The van der Waals surface area contributed by atoms with Gasteiger partial charge in [0.05, 0.1) is 0 Å². The third-order valence-corrected chi connectivity index (χ3v) is 8.45. The van der Waals surface area contributed by atoms with E-state index in [2.05, 4.69) is 69.2 Å². The van der Waals surface area contributed by atoms with Crippen molar-refractivity contribution in [1.29, 1.82) is 0 Å². The van der Waals surface area contributed by atoms with Crippen LogP contribution in [0.3, 0.4) is 0 Å². The Balaban J connectivity index is 1.21. The van der Waals surface area contributed by atoms with E-state index in [9.17, 15) is 4.79 Å². The molecule has 5 rings (SSSR count). The van der Waals surface area contributed by atoms with Gasteiger partial charge in [-0.15, -0.1) is 0 Å². The second kappa shape index (κ2) is 14.8. The molecule has 4 heterocycles. The Morgan fingerprint density at radius 1 is 1.11 bits per heavy atom. The highest BCUT2D eigenvalue weighted by molar-refractivity contribution is 5.77. The maximum atomic E-state index is 13.2. The molecule has 0 amide bonds. The molecule has 9 nitrogen and oxygen atoms in total. The lowest BCUT2D eigenvalue weighted by molar-refractivity contribution is -0.157. The number of hydrogen-bond donors (Lipinski definition) is 3. The maximum Gasteiger partial charge on any atom is 0.325 e. The fourth-order valence-electron chi connectivity index (χ4n) is 6.14. The topological polar surface area (TPSA) is 104 Å². The average Bonchev–Trinajstić information content (AvgIpc) is 3.03. The number of esters is 1. The van der Waals surface area contributed by atoms with E-state index < -0.39 is 11.6 Å². The van der Waals surface area contributed by atoms with Gasteiger partial charge in [-0.3, -0.25) is 4.79 Å². The summed E-state index contributed by atoms with van der Waals surface area (Å²) in [6.45, 7) is 11.8. The van der Waals surface area contributed by atoms with E-state index in [4.69, 9.17) is 14.7 Å². The molecule has 2 aliphatic rings. The summed E-state index contributed by atoms with van der Waals surface area (Å²) < 4.78 is 5.76. The number of nitrogens with one attached hydrogen (secondary N) is 3. The first-order valence-electron chi connectivity index (χ1n) is 16.4. The van der Waals surface area contributed by atoms with Gasteiger partial charge >= 0.3 is 5.97 Å². The lowest BCUT2D eigenvalue weighted by Gasteiger charge is -2.34. The Hall–Kier alpha value is -3.72. The number of anilines is 3. The van der Waals surface area contributed by atoms with Gasteiger partial charge in [0.1, 0.15) is 35.4 Å². The van der Waals surface area contributed by atoms with Crippen LogP contribution in [0.4, 0.5) is 17.5 Å². The van der Waals surface area contributed by atoms with E-state index in [1.165, 1.54) is 23.2 Å². The molecule has 236 valence electrons. The van der Waals surface area contributed by atoms with Crippen LogP contribution in [-0.2, 0) is 28.8 Å². The zero-order valence-electron chi connectivity index (χ0n) is 26.9. The Kier molecular flexibility index (Phi) is 10.7. The van der Waals surface area contributed by atoms with E-state index in [0.29, 0.717) is 19.0 Å². The average molecular weight is 600 g/mol. The van der Waals surface area contributed by atoms with Gasteiger partial charge in [0.15, 0.2) is 0 Å². The largest absolute Gasteiger partial charge is 0.459 e. The molecule has 0 bridgehead atoms. The molecule has 3 N–H and O–H groups in total. The summed E-state index contributed by atoms with van der Waals surface area (Å²) in [5.41, 5.74) is 4.34. The van der Waals surface area contributed by atoms with Crippen LogP contribution in [0.5, 0.6) is 0 Å². The summed E-state index contributed by atoms with van der Waals surface area (Å²) in [4.78, 5) is 29.9. The Bertz CT molecular complexity index is 1370. The van der Waals surface area contributed by atoms with E-state index in [1.54, 1.807) is 6.33 Å². The summed E-state index contributed by atoms with van der Waals surface area (Å²) in [7, 11) is 0. The quantitative estimate of drug-likeness (QED) is 0.183. The summed E-state index contributed by atoms with van der Waals surface area (Å²) in [5, 5.41) is 10.4. The fraction of sp³-hybridized carbons (Fsp3) is 0.543. The first-order chi connectivity index (χ1) is 21.3. The van der Waals surface area contributed by atoms with Crippen LogP contribution in [0.2, 0.25) is 0 Å². The van der Waals surface area contributed by atoms with Gasteiger partial charge in [-0.05, 0) is 89.5 Å². The number of carbonyl (C=O) groups excluding carboxylic acids is 1. The Labute approximate surface area is 262 Å². The Morgan fingerprint density at radius 2 is 1.91 bits per heavy atom. The molecule has 2 aliphatic heterocycles. The number of rotatable bonds is 12. The first kappa shape index (κ1) is 31.7. The number of aromatic nitrogens is 3. The van der Waals surface area contributed by atoms with Gasteiger partial charge in [-0.25, -0.2) is 15.0 Å². The third kappa shape index (κ3) is 8.46. The van der Waals surface area contributed by atoms with Gasteiger partial charge < -0.3 is 25.6 Å². The minimum absolute atomic E-state index is 0.259. The minimum atomic E-state index is -0.561. The normalized spacial score (nSPS) is 16.1. The molecule has 0 aliphatic carbocycles. The van der Waals surface area contributed by atoms with Crippen molar-refractivity contribution in [2.45, 2.75) is 90.2 Å². The molecule has 3 aromatic rings. The summed E-state index contributed by atoms with van der Waals surface area (Å²) >= 11 is 0. The van der Waals surface area contributed by atoms with Gasteiger partial charge in [0.2, 0.25) is 0 Å². The highest BCUT2D eigenvalue weighted by atomic mass is 16.6. The lowest BCUT2D eigenvalue weighted by atomic mass is 9.92.